The fourth-order valence-electron chi connectivity index (χ4n) is 2.53. The van der Waals surface area contributed by atoms with E-state index >= 15 is 0 Å². The Morgan fingerprint density at radius 1 is 0.640 bits per heavy atom. The van der Waals surface area contributed by atoms with Crippen molar-refractivity contribution in [2.24, 2.45) is 0 Å². The second-order valence-electron chi connectivity index (χ2n) is 5.47. The van der Waals surface area contributed by atoms with Crippen LogP contribution < -0.4 is 0 Å². The molecule has 4 rings (SSSR count). The quantitative estimate of drug-likeness (QED) is 0.217. The molecule has 0 spiro atoms. The average molecular weight is 364 g/mol. The molecule has 0 heterocycles. The molecule has 0 N–H and O–H groups in total. The van der Waals surface area contributed by atoms with Crippen LogP contribution in [0.4, 0.5) is 0 Å². The van der Waals surface area contributed by atoms with Crippen LogP contribution in [0.25, 0.3) is 23.3 Å². The van der Waals surface area contributed by atoms with E-state index in [1.807, 2.05) is 36.4 Å². The molecular weight excluding hydrogens is 344 g/mol. The second-order valence-corrected chi connectivity index (χ2v) is 5.47. The SMILES string of the molecule is C(=Cc1ccccc1-[c-]1cccc1)c1ccccc1.[Fe+2].c1cc[cH-]c1. The van der Waals surface area contributed by atoms with Gasteiger partial charge >= 0.3 is 17.1 Å². The van der Waals surface area contributed by atoms with Gasteiger partial charge in [-0.25, -0.2) is 12.1 Å². The third-order valence-electron chi connectivity index (χ3n) is 3.74. The largest absolute Gasteiger partial charge is 2.00 e. The van der Waals surface area contributed by atoms with E-state index < -0.39 is 0 Å². The van der Waals surface area contributed by atoms with Crippen LogP contribution in [0.1, 0.15) is 11.1 Å². The molecule has 0 atom stereocenters. The predicted molar refractivity (Wildman–Crippen MR) is 105 cm³/mol. The molecule has 0 aromatic heterocycles. The summed E-state index contributed by atoms with van der Waals surface area (Å²) in [5.74, 6) is 0. The van der Waals surface area contributed by atoms with Crippen molar-refractivity contribution in [3.8, 4) is 11.1 Å². The van der Waals surface area contributed by atoms with Crippen LogP contribution in [0.15, 0.2) is 109 Å². The Labute approximate surface area is 160 Å². The van der Waals surface area contributed by atoms with E-state index in [1.165, 1.54) is 22.3 Å². The zero-order valence-electron chi connectivity index (χ0n) is 13.9. The predicted octanol–water partition coefficient (Wildman–Crippen LogP) is 6.65. The first-order chi connectivity index (χ1) is 11.9. The third-order valence-corrected chi connectivity index (χ3v) is 3.74. The molecule has 4 aromatic carbocycles. The first kappa shape index (κ1) is 18.7. The molecule has 0 nitrogen and oxygen atoms in total. The normalized spacial score (nSPS) is 9.92. The van der Waals surface area contributed by atoms with Crippen LogP contribution in [0.3, 0.4) is 0 Å². The van der Waals surface area contributed by atoms with Gasteiger partial charge in [-0.3, -0.25) is 0 Å². The standard InChI is InChI=1S/C19H15.C5H5.Fe/c1-2-8-16(9-3-1)14-15-18-12-6-7-13-19(18)17-10-4-5-11-17;1-2-4-5-3-1;/h1-15H;1-5H;/q2*-1;+2. The van der Waals surface area contributed by atoms with Gasteiger partial charge in [0.1, 0.15) is 0 Å². The number of hydrogen-bond donors (Lipinski definition) is 0. The molecule has 0 amide bonds. The van der Waals surface area contributed by atoms with E-state index in [0.29, 0.717) is 0 Å². The van der Waals surface area contributed by atoms with Gasteiger partial charge in [-0.2, -0.15) is 30.3 Å². The van der Waals surface area contributed by atoms with Crippen molar-refractivity contribution in [2.45, 2.75) is 0 Å². The van der Waals surface area contributed by atoms with Crippen LogP contribution in [0.2, 0.25) is 0 Å². The minimum Gasteiger partial charge on any atom is -0.214 e. The van der Waals surface area contributed by atoms with E-state index in [9.17, 15) is 0 Å². The molecule has 0 aliphatic rings. The molecule has 0 unspecified atom stereocenters. The van der Waals surface area contributed by atoms with Crippen molar-refractivity contribution in [3.63, 3.8) is 0 Å². The average Bonchev–Trinajstić information content (AvgIpc) is 3.37. The summed E-state index contributed by atoms with van der Waals surface area (Å²) in [4.78, 5) is 0. The minimum absolute atomic E-state index is 0. The van der Waals surface area contributed by atoms with Crippen molar-refractivity contribution in [3.05, 3.63) is 120 Å². The summed E-state index contributed by atoms with van der Waals surface area (Å²) in [5.41, 5.74) is 5.02. The van der Waals surface area contributed by atoms with Gasteiger partial charge in [0, 0.05) is 0 Å². The number of benzene rings is 2. The third kappa shape index (κ3) is 5.76. The fourth-order valence-corrected chi connectivity index (χ4v) is 2.53. The first-order valence-corrected chi connectivity index (χ1v) is 8.14. The first-order valence-electron chi connectivity index (χ1n) is 8.14. The van der Waals surface area contributed by atoms with E-state index in [2.05, 4.69) is 84.9 Å². The van der Waals surface area contributed by atoms with Crippen LogP contribution in [0, 0.1) is 0 Å². The Morgan fingerprint density at radius 3 is 1.92 bits per heavy atom. The molecule has 124 valence electrons. The summed E-state index contributed by atoms with van der Waals surface area (Å²) in [6.07, 6.45) is 4.33. The van der Waals surface area contributed by atoms with Gasteiger partial charge in [0.25, 0.3) is 0 Å². The Bertz CT molecular complexity index is 821. The fraction of sp³-hybridized carbons (Fsp3) is 0. The zero-order chi connectivity index (χ0) is 16.5. The van der Waals surface area contributed by atoms with Gasteiger partial charge in [0.05, 0.1) is 0 Å². The van der Waals surface area contributed by atoms with Crippen LogP contribution in [-0.2, 0) is 17.1 Å². The maximum atomic E-state index is 2.18. The van der Waals surface area contributed by atoms with Crippen LogP contribution >= 0.6 is 0 Å². The molecule has 1 heteroatoms. The Kier molecular flexibility index (Phi) is 7.72. The Morgan fingerprint density at radius 2 is 1.28 bits per heavy atom. The summed E-state index contributed by atoms with van der Waals surface area (Å²) in [6.45, 7) is 0. The van der Waals surface area contributed by atoms with Crippen molar-refractivity contribution in [1.82, 2.24) is 0 Å². The number of rotatable bonds is 3. The van der Waals surface area contributed by atoms with Crippen molar-refractivity contribution in [2.75, 3.05) is 0 Å². The van der Waals surface area contributed by atoms with Crippen molar-refractivity contribution >= 4 is 12.2 Å². The van der Waals surface area contributed by atoms with Gasteiger partial charge in [-0.05, 0) is 5.56 Å². The van der Waals surface area contributed by atoms with Crippen LogP contribution in [0.5, 0.6) is 0 Å². The van der Waals surface area contributed by atoms with Gasteiger partial charge in [-0.15, -0.1) is 23.8 Å². The molecule has 0 radical (unpaired) electrons. The topological polar surface area (TPSA) is 0 Å². The monoisotopic (exact) mass is 364 g/mol. The summed E-state index contributed by atoms with van der Waals surface area (Å²) in [7, 11) is 0. The molecule has 0 fully saturated rings. The molecule has 0 aliphatic carbocycles. The minimum atomic E-state index is 0. The van der Waals surface area contributed by atoms with E-state index in [4.69, 9.17) is 0 Å². The molecular formula is C24H20Fe. The van der Waals surface area contributed by atoms with Crippen molar-refractivity contribution < 1.29 is 17.1 Å². The van der Waals surface area contributed by atoms with Crippen LogP contribution in [-0.4, -0.2) is 0 Å². The molecule has 0 saturated heterocycles. The molecule has 0 aliphatic heterocycles. The maximum Gasteiger partial charge on any atom is 2.00 e. The van der Waals surface area contributed by atoms with Gasteiger partial charge in [0.2, 0.25) is 0 Å². The van der Waals surface area contributed by atoms with Gasteiger partial charge in [0.15, 0.2) is 0 Å². The summed E-state index contributed by atoms with van der Waals surface area (Å²) in [6, 6.07) is 37.3. The number of hydrogen-bond acceptors (Lipinski definition) is 0. The van der Waals surface area contributed by atoms with E-state index in [1.54, 1.807) is 0 Å². The molecule has 0 saturated carbocycles. The maximum absolute atomic E-state index is 2.18. The molecule has 25 heavy (non-hydrogen) atoms. The van der Waals surface area contributed by atoms with Gasteiger partial charge in [-0.1, -0.05) is 71.8 Å². The van der Waals surface area contributed by atoms with E-state index in [-0.39, 0.29) is 17.1 Å². The Hall–Kier alpha value is -2.60. The second kappa shape index (κ2) is 10.3. The molecule has 0 bridgehead atoms. The van der Waals surface area contributed by atoms with Crippen molar-refractivity contribution in [1.29, 1.82) is 0 Å². The summed E-state index contributed by atoms with van der Waals surface area (Å²) < 4.78 is 0. The van der Waals surface area contributed by atoms with E-state index in [0.717, 1.165) is 0 Å². The summed E-state index contributed by atoms with van der Waals surface area (Å²) in [5, 5.41) is 0. The zero-order valence-corrected chi connectivity index (χ0v) is 15.0. The smallest absolute Gasteiger partial charge is 0.214 e. The van der Waals surface area contributed by atoms with Gasteiger partial charge < -0.3 is 0 Å². The Balaban J connectivity index is 0.000000325. The summed E-state index contributed by atoms with van der Waals surface area (Å²) >= 11 is 0. The molecule has 4 aromatic rings.